The zero-order chi connectivity index (χ0) is 22.8. The van der Waals surface area contributed by atoms with Crippen molar-refractivity contribution in [2.24, 2.45) is 0 Å². The van der Waals surface area contributed by atoms with Gasteiger partial charge in [-0.3, -0.25) is 4.79 Å². The van der Waals surface area contributed by atoms with Crippen LogP contribution in [0.4, 0.5) is 15.9 Å². The van der Waals surface area contributed by atoms with Gasteiger partial charge < -0.3 is 20.2 Å². The summed E-state index contributed by atoms with van der Waals surface area (Å²) in [5.41, 5.74) is 8.18. The van der Waals surface area contributed by atoms with Gasteiger partial charge in [0.25, 0.3) is 5.91 Å². The lowest BCUT2D eigenvalue weighted by atomic mass is 10.2. The molecule has 2 heterocycles. The highest BCUT2D eigenvalue weighted by atomic mass is 19.1. The Morgan fingerprint density at radius 2 is 1.97 bits per heavy atom. The summed E-state index contributed by atoms with van der Waals surface area (Å²) in [6.45, 7) is 3.58. The Balaban J connectivity index is 1.51. The lowest BCUT2D eigenvalue weighted by Gasteiger charge is -2.05. The van der Waals surface area contributed by atoms with Crippen molar-refractivity contribution < 1.29 is 18.3 Å². The largest absolute Gasteiger partial charge is 0.497 e. The van der Waals surface area contributed by atoms with Gasteiger partial charge in [-0.05, 0) is 55.8 Å². The van der Waals surface area contributed by atoms with Gasteiger partial charge in [0, 0.05) is 11.3 Å². The first-order chi connectivity index (χ1) is 15.4. The lowest BCUT2D eigenvalue weighted by molar-refractivity contribution is 0.102. The van der Waals surface area contributed by atoms with E-state index in [1.165, 1.54) is 10.7 Å². The molecule has 0 saturated heterocycles. The van der Waals surface area contributed by atoms with Gasteiger partial charge in [-0.15, -0.1) is 5.10 Å². The Kier molecular flexibility index (Phi) is 5.59. The van der Waals surface area contributed by atoms with E-state index in [2.05, 4.69) is 20.6 Å². The summed E-state index contributed by atoms with van der Waals surface area (Å²) < 4.78 is 26.0. The number of ether oxygens (including phenoxy) is 1. The number of carbonyl (C=O) groups is 1. The standard InChI is InChI=1S/C22H21FN6O3/c1-12-4-7-15(10-17(12)23)25-21(30)19-20(24)29(28-27-19)11-18-13(2)32-22(26-18)14-5-8-16(31-3)9-6-14/h4-10H,11,24H2,1-3H3,(H,25,30). The number of anilines is 2. The number of hydrogen-bond donors (Lipinski definition) is 2. The van der Waals surface area contributed by atoms with Gasteiger partial charge in [-0.25, -0.2) is 14.1 Å². The predicted octanol–water partition coefficient (Wildman–Crippen LogP) is 3.58. The number of hydrogen-bond acceptors (Lipinski definition) is 7. The smallest absolute Gasteiger partial charge is 0.280 e. The third-order valence-electron chi connectivity index (χ3n) is 4.95. The highest BCUT2D eigenvalue weighted by Crippen LogP contribution is 2.25. The molecule has 4 aromatic rings. The van der Waals surface area contributed by atoms with E-state index in [-0.39, 0.29) is 18.1 Å². The predicted molar refractivity (Wildman–Crippen MR) is 116 cm³/mol. The molecule has 9 nitrogen and oxygen atoms in total. The van der Waals surface area contributed by atoms with Crippen LogP contribution >= 0.6 is 0 Å². The van der Waals surface area contributed by atoms with Crippen LogP contribution in [0.1, 0.15) is 27.5 Å². The highest BCUT2D eigenvalue weighted by molar-refractivity contribution is 6.05. The Bertz CT molecular complexity index is 1280. The molecule has 0 atom stereocenters. The van der Waals surface area contributed by atoms with Gasteiger partial charge in [0.2, 0.25) is 5.89 Å². The number of aryl methyl sites for hydroxylation is 2. The van der Waals surface area contributed by atoms with Gasteiger partial charge >= 0.3 is 0 Å². The van der Waals surface area contributed by atoms with E-state index in [1.807, 2.05) is 24.3 Å². The molecule has 0 aliphatic heterocycles. The molecule has 2 aromatic heterocycles. The maximum absolute atomic E-state index is 13.7. The zero-order valence-corrected chi connectivity index (χ0v) is 17.7. The quantitative estimate of drug-likeness (QED) is 0.474. The van der Waals surface area contributed by atoms with Crippen molar-refractivity contribution in [3.05, 3.63) is 71.0 Å². The number of benzene rings is 2. The van der Waals surface area contributed by atoms with E-state index >= 15 is 0 Å². The normalized spacial score (nSPS) is 10.9. The molecule has 164 valence electrons. The van der Waals surface area contributed by atoms with Gasteiger partial charge in [-0.1, -0.05) is 11.3 Å². The minimum atomic E-state index is -0.590. The molecule has 0 fully saturated rings. The second kappa shape index (κ2) is 8.50. The molecule has 4 rings (SSSR count). The number of amides is 1. The molecule has 10 heteroatoms. The van der Waals surface area contributed by atoms with Crippen LogP contribution in [0.15, 0.2) is 46.9 Å². The number of aromatic nitrogens is 4. The summed E-state index contributed by atoms with van der Waals surface area (Å²) >= 11 is 0. The van der Waals surface area contributed by atoms with E-state index in [9.17, 15) is 9.18 Å². The zero-order valence-electron chi connectivity index (χ0n) is 17.7. The van der Waals surface area contributed by atoms with E-state index in [0.29, 0.717) is 28.6 Å². The third-order valence-corrected chi connectivity index (χ3v) is 4.95. The number of halogens is 1. The fourth-order valence-electron chi connectivity index (χ4n) is 3.03. The van der Waals surface area contributed by atoms with Gasteiger partial charge in [0.15, 0.2) is 11.5 Å². The summed E-state index contributed by atoms with van der Waals surface area (Å²) in [4.78, 5) is 17.0. The molecular weight excluding hydrogens is 415 g/mol. The Hall–Kier alpha value is -4.21. The summed E-state index contributed by atoms with van der Waals surface area (Å²) in [5.74, 6) is 0.807. The number of oxazole rings is 1. The molecule has 1 amide bonds. The van der Waals surface area contributed by atoms with Crippen LogP contribution in [0.2, 0.25) is 0 Å². The van der Waals surface area contributed by atoms with Crippen molar-refractivity contribution in [1.29, 1.82) is 0 Å². The monoisotopic (exact) mass is 436 g/mol. The molecule has 32 heavy (non-hydrogen) atoms. The Labute approximate surface area is 183 Å². The molecule has 0 radical (unpaired) electrons. The Morgan fingerprint density at radius 3 is 2.66 bits per heavy atom. The SMILES string of the molecule is COc1ccc(-c2nc(Cn3nnc(C(=O)Nc4ccc(C)c(F)c4)c3N)c(C)o2)cc1. The van der Waals surface area contributed by atoms with E-state index in [1.54, 1.807) is 33.1 Å². The number of rotatable bonds is 6. The summed E-state index contributed by atoms with van der Waals surface area (Å²) in [5, 5.41) is 10.4. The van der Waals surface area contributed by atoms with Crippen LogP contribution in [0.25, 0.3) is 11.5 Å². The molecule has 0 aliphatic carbocycles. The van der Waals surface area contributed by atoms with E-state index < -0.39 is 11.7 Å². The van der Waals surface area contributed by atoms with E-state index in [0.717, 1.165) is 11.3 Å². The lowest BCUT2D eigenvalue weighted by Crippen LogP contribution is -2.15. The first-order valence-electron chi connectivity index (χ1n) is 9.73. The minimum absolute atomic E-state index is 0.0588. The van der Waals surface area contributed by atoms with Crippen molar-refractivity contribution in [3.8, 4) is 17.2 Å². The average Bonchev–Trinajstić information content (AvgIpc) is 3.33. The van der Waals surface area contributed by atoms with Crippen LogP contribution < -0.4 is 15.8 Å². The highest BCUT2D eigenvalue weighted by Gasteiger charge is 2.20. The van der Waals surface area contributed by atoms with Gasteiger partial charge in [-0.2, -0.15) is 0 Å². The molecule has 0 spiro atoms. The van der Waals surface area contributed by atoms with Crippen LogP contribution in [-0.4, -0.2) is 33.0 Å². The topological polar surface area (TPSA) is 121 Å². The van der Waals surface area contributed by atoms with Crippen LogP contribution in [0.5, 0.6) is 5.75 Å². The molecule has 2 aromatic carbocycles. The van der Waals surface area contributed by atoms with Crippen molar-refractivity contribution in [2.45, 2.75) is 20.4 Å². The number of nitrogens with one attached hydrogen (secondary N) is 1. The van der Waals surface area contributed by atoms with Crippen molar-refractivity contribution in [2.75, 3.05) is 18.2 Å². The molecular formula is C22H21FN6O3. The molecule has 3 N–H and O–H groups in total. The molecule has 0 unspecified atom stereocenters. The van der Waals surface area contributed by atoms with Crippen molar-refractivity contribution in [1.82, 2.24) is 20.0 Å². The third kappa shape index (κ3) is 4.15. The number of nitrogens with two attached hydrogens (primary N) is 1. The van der Waals surface area contributed by atoms with Crippen molar-refractivity contribution in [3.63, 3.8) is 0 Å². The van der Waals surface area contributed by atoms with Gasteiger partial charge in [0.05, 0.1) is 13.7 Å². The second-order valence-electron chi connectivity index (χ2n) is 7.15. The van der Waals surface area contributed by atoms with Crippen LogP contribution in [0.3, 0.4) is 0 Å². The molecule has 0 bridgehead atoms. The van der Waals surface area contributed by atoms with Crippen molar-refractivity contribution >= 4 is 17.4 Å². The average molecular weight is 436 g/mol. The fraction of sp³-hybridized carbons (Fsp3) is 0.182. The molecule has 0 aliphatic rings. The van der Waals surface area contributed by atoms with Gasteiger partial charge in [0.1, 0.15) is 23.0 Å². The van der Waals surface area contributed by atoms with E-state index in [4.69, 9.17) is 14.9 Å². The van der Waals surface area contributed by atoms with Crippen LogP contribution in [-0.2, 0) is 6.54 Å². The summed E-state index contributed by atoms with van der Waals surface area (Å²) in [6.07, 6.45) is 0. The number of methoxy groups -OCH3 is 1. The number of nitrogens with zero attached hydrogens (tertiary/aromatic N) is 4. The number of carbonyl (C=O) groups excluding carboxylic acids is 1. The van der Waals surface area contributed by atoms with Crippen LogP contribution in [0, 0.1) is 19.7 Å². The first-order valence-corrected chi connectivity index (χ1v) is 9.73. The maximum Gasteiger partial charge on any atom is 0.280 e. The second-order valence-corrected chi connectivity index (χ2v) is 7.15. The molecule has 0 saturated carbocycles. The Morgan fingerprint density at radius 1 is 1.22 bits per heavy atom. The minimum Gasteiger partial charge on any atom is -0.497 e. The fourth-order valence-corrected chi connectivity index (χ4v) is 3.03. The maximum atomic E-state index is 13.7. The first kappa shape index (κ1) is 21.0. The number of nitrogen functional groups attached to an aromatic ring is 1. The summed E-state index contributed by atoms with van der Waals surface area (Å²) in [6, 6.07) is 11.7. The summed E-state index contributed by atoms with van der Waals surface area (Å²) in [7, 11) is 1.60.